The van der Waals surface area contributed by atoms with Gasteiger partial charge in [-0.1, -0.05) is 43.2 Å². The third-order valence-electron chi connectivity index (χ3n) is 5.78. The number of carbonyl (C=O) groups excluding carboxylic acids is 1. The largest absolute Gasteiger partial charge is 0.348 e. The minimum absolute atomic E-state index is 0.0630. The van der Waals surface area contributed by atoms with E-state index in [-0.39, 0.29) is 11.9 Å². The Balaban J connectivity index is 1.57. The molecule has 0 spiro atoms. The summed E-state index contributed by atoms with van der Waals surface area (Å²) >= 11 is 1.50. The van der Waals surface area contributed by atoms with Crippen molar-refractivity contribution < 1.29 is 4.79 Å². The maximum absolute atomic E-state index is 12.8. The van der Waals surface area contributed by atoms with Crippen LogP contribution in [0.15, 0.2) is 30.3 Å². The Morgan fingerprint density at radius 2 is 1.83 bits per heavy atom. The molecule has 1 N–H and O–H groups in total. The molecule has 0 saturated heterocycles. The summed E-state index contributed by atoms with van der Waals surface area (Å²) in [4.78, 5) is 18.0. The first kappa shape index (κ1) is 15.8. The van der Waals surface area contributed by atoms with Crippen LogP contribution < -0.4 is 5.32 Å². The Kier molecular flexibility index (Phi) is 4.17. The molecular formula is C20H24N2OS. The van der Waals surface area contributed by atoms with Gasteiger partial charge in [-0.25, -0.2) is 4.98 Å². The van der Waals surface area contributed by atoms with Crippen molar-refractivity contribution in [2.75, 3.05) is 0 Å². The monoisotopic (exact) mass is 340 g/mol. The number of hydrogen-bond donors (Lipinski definition) is 1. The topological polar surface area (TPSA) is 42.0 Å². The Morgan fingerprint density at radius 3 is 2.50 bits per heavy atom. The molecule has 126 valence electrons. The number of nitrogens with zero attached hydrogens (tertiary/aromatic N) is 1. The van der Waals surface area contributed by atoms with Crippen molar-refractivity contribution in [1.82, 2.24) is 10.3 Å². The predicted octanol–water partition coefficient (Wildman–Crippen LogP) is 4.46. The smallest absolute Gasteiger partial charge is 0.263 e. The van der Waals surface area contributed by atoms with Crippen LogP contribution in [0.1, 0.15) is 57.5 Å². The van der Waals surface area contributed by atoms with E-state index in [9.17, 15) is 4.79 Å². The Bertz CT molecular complexity index is 739. The number of fused-ring (bicyclic) bond motifs is 1. The fourth-order valence-corrected chi connectivity index (χ4v) is 5.58. The molecule has 2 aromatic rings. The van der Waals surface area contributed by atoms with Crippen molar-refractivity contribution in [3.63, 3.8) is 0 Å². The first-order valence-electron chi connectivity index (χ1n) is 8.95. The van der Waals surface area contributed by atoms with Crippen molar-refractivity contribution in [3.8, 4) is 0 Å². The zero-order valence-corrected chi connectivity index (χ0v) is 15.1. The van der Waals surface area contributed by atoms with Gasteiger partial charge in [-0.3, -0.25) is 4.79 Å². The van der Waals surface area contributed by atoms with E-state index in [2.05, 4.69) is 40.6 Å². The minimum Gasteiger partial charge on any atom is -0.348 e. The summed E-state index contributed by atoms with van der Waals surface area (Å²) in [7, 11) is 0. The van der Waals surface area contributed by atoms with E-state index in [4.69, 9.17) is 0 Å². The maximum atomic E-state index is 12.8. The van der Waals surface area contributed by atoms with Crippen LogP contribution in [0.3, 0.4) is 0 Å². The molecule has 2 aliphatic rings. The molecule has 4 atom stereocenters. The van der Waals surface area contributed by atoms with Gasteiger partial charge >= 0.3 is 0 Å². The van der Waals surface area contributed by atoms with Crippen LogP contribution in [0.25, 0.3) is 0 Å². The first-order valence-corrected chi connectivity index (χ1v) is 9.76. The van der Waals surface area contributed by atoms with Gasteiger partial charge in [0.05, 0.1) is 10.7 Å². The lowest BCUT2D eigenvalue weighted by molar-refractivity contribution is 0.0253. The van der Waals surface area contributed by atoms with Gasteiger partial charge in [-0.2, -0.15) is 0 Å². The molecule has 0 aliphatic heterocycles. The summed E-state index contributed by atoms with van der Waals surface area (Å²) in [6.07, 6.45) is 5.18. The average Bonchev–Trinajstić information content (AvgIpc) is 2.92. The molecule has 2 saturated carbocycles. The van der Waals surface area contributed by atoms with Crippen molar-refractivity contribution in [2.45, 2.75) is 51.5 Å². The highest BCUT2D eigenvalue weighted by Gasteiger charge is 2.51. The number of benzene rings is 1. The number of rotatable bonds is 3. The van der Waals surface area contributed by atoms with Gasteiger partial charge in [0.1, 0.15) is 4.88 Å². The molecule has 3 nitrogen and oxygen atoms in total. The minimum atomic E-state index is 0.0630. The molecule has 1 aromatic carbocycles. The van der Waals surface area contributed by atoms with E-state index in [1.165, 1.54) is 42.6 Å². The summed E-state index contributed by atoms with van der Waals surface area (Å²) in [6.45, 7) is 3.89. The van der Waals surface area contributed by atoms with Gasteiger partial charge in [0, 0.05) is 12.0 Å². The molecule has 24 heavy (non-hydrogen) atoms. The van der Waals surface area contributed by atoms with Gasteiger partial charge in [0.15, 0.2) is 0 Å². The predicted molar refractivity (Wildman–Crippen MR) is 97.5 cm³/mol. The highest BCUT2D eigenvalue weighted by Crippen LogP contribution is 2.54. The lowest BCUT2D eigenvalue weighted by Gasteiger charge is -2.55. The molecule has 2 unspecified atom stereocenters. The Morgan fingerprint density at radius 1 is 1.12 bits per heavy atom. The van der Waals surface area contributed by atoms with Crippen LogP contribution in [0, 0.1) is 25.7 Å². The molecule has 1 amide bonds. The van der Waals surface area contributed by atoms with Crippen LogP contribution in [-0.4, -0.2) is 16.9 Å². The summed E-state index contributed by atoms with van der Waals surface area (Å²) in [5, 5.41) is 4.33. The van der Waals surface area contributed by atoms with Gasteiger partial charge in [0.25, 0.3) is 5.91 Å². The molecule has 1 aromatic heterocycles. The van der Waals surface area contributed by atoms with Crippen LogP contribution in [0.5, 0.6) is 0 Å². The van der Waals surface area contributed by atoms with Gasteiger partial charge in [-0.15, -0.1) is 11.3 Å². The fourth-order valence-electron chi connectivity index (χ4n) is 4.75. The number of thiazole rings is 1. The van der Waals surface area contributed by atoms with Crippen LogP contribution in [0.4, 0.5) is 0 Å². The van der Waals surface area contributed by atoms with E-state index in [0.717, 1.165) is 21.5 Å². The normalized spacial score (nSPS) is 28.8. The number of aromatic nitrogens is 1. The highest BCUT2D eigenvalue weighted by molar-refractivity contribution is 7.13. The molecule has 4 heteroatoms. The van der Waals surface area contributed by atoms with E-state index >= 15 is 0 Å². The number of hydrogen-bond acceptors (Lipinski definition) is 3. The highest BCUT2D eigenvalue weighted by atomic mass is 32.1. The van der Waals surface area contributed by atoms with Gasteiger partial charge < -0.3 is 5.32 Å². The maximum Gasteiger partial charge on any atom is 0.263 e. The van der Waals surface area contributed by atoms with E-state index < -0.39 is 0 Å². The third-order valence-corrected chi connectivity index (χ3v) is 6.85. The van der Waals surface area contributed by atoms with Crippen LogP contribution in [0.2, 0.25) is 0 Å². The number of amides is 1. The molecule has 0 bridgehead atoms. The summed E-state index contributed by atoms with van der Waals surface area (Å²) < 4.78 is 0. The second-order valence-electron chi connectivity index (χ2n) is 7.20. The molecule has 2 fully saturated rings. The number of nitrogens with one attached hydrogen (secondary N) is 1. The summed E-state index contributed by atoms with van der Waals surface area (Å²) in [5.74, 6) is 1.90. The van der Waals surface area contributed by atoms with Crippen molar-refractivity contribution >= 4 is 17.2 Å². The van der Waals surface area contributed by atoms with Crippen LogP contribution in [-0.2, 0) is 0 Å². The molecule has 2 aliphatic carbocycles. The first-order chi connectivity index (χ1) is 11.6. The number of carbonyl (C=O) groups is 1. The molecular weight excluding hydrogens is 316 g/mol. The second-order valence-corrected chi connectivity index (χ2v) is 8.40. The second kappa shape index (κ2) is 6.32. The fraction of sp³-hybridized carbons (Fsp3) is 0.500. The van der Waals surface area contributed by atoms with Crippen molar-refractivity contribution in [3.05, 3.63) is 51.5 Å². The zero-order chi connectivity index (χ0) is 16.7. The quantitative estimate of drug-likeness (QED) is 0.896. The third kappa shape index (κ3) is 2.67. The Labute approximate surface area is 147 Å². The van der Waals surface area contributed by atoms with E-state index in [1.807, 2.05) is 13.8 Å². The average molecular weight is 340 g/mol. The van der Waals surface area contributed by atoms with E-state index in [1.54, 1.807) is 0 Å². The van der Waals surface area contributed by atoms with Gasteiger partial charge in [0.2, 0.25) is 0 Å². The van der Waals surface area contributed by atoms with E-state index in [0.29, 0.717) is 11.8 Å². The Hall–Kier alpha value is -1.68. The molecule has 1 heterocycles. The summed E-state index contributed by atoms with van der Waals surface area (Å²) in [6, 6.07) is 11.0. The van der Waals surface area contributed by atoms with Crippen molar-refractivity contribution in [2.24, 2.45) is 11.8 Å². The molecule has 4 rings (SSSR count). The van der Waals surface area contributed by atoms with Crippen LogP contribution >= 0.6 is 11.3 Å². The molecule has 0 radical (unpaired) electrons. The standard InChI is InChI=1S/C20H24N2OS/c1-12-19(24-13(2)21-12)20(23)22-18-16-11-7-6-10-15(16)17(18)14-8-4-3-5-9-14/h3-5,8-9,15-18H,6-7,10-11H2,1-2H3,(H,22,23)/t15?,16?,17-,18-/m0/s1. The summed E-state index contributed by atoms with van der Waals surface area (Å²) in [5.41, 5.74) is 2.23. The van der Waals surface area contributed by atoms with Crippen molar-refractivity contribution in [1.29, 1.82) is 0 Å². The lowest BCUT2D eigenvalue weighted by atomic mass is 9.53. The zero-order valence-electron chi connectivity index (χ0n) is 14.3. The van der Waals surface area contributed by atoms with Gasteiger partial charge in [-0.05, 0) is 44.1 Å². The lowest BCUT2D eigenvalue weighted by Crippen LogP contribution is -2.59. The number of aryl methyl sites for hydroxylation is 2. The SMILES string of the molecule is Cc1nc(C)c(C(=O)N[C@H]2C3CCCCC3[C@@H]2c2ccccc2)s1.